The third-order valence-electron chi connectivity index (χ3n) is 2.93. The maximum atomic E-state index is 13.1. The Kier molecular flexibility index (Phi) is 3.67. The number of benzene rings is 1. The van der Waals surface area contributed by atoms with Crippen molar-refractivity contribution in [2.75, 3.05) is 0 Å². The summed E-state index contributed by atoms with van der Waals surface area (Å²) in [7, 11) is 0. The van der Waals surface area contributed by atoms with Crippen LogP contribution in [0.2, 0.25) is 0 Å². The Balaban J connectivity index is 2.28. The van der Waals surface area contributed by atoms with E-state index in [-0.39, 0.29) is 11.5 Å². The summed E-state index contributed by atoms with van der Waals surface area (Å²) in [5, 5.41) is 10.1. The minimum absolute atomic E-state index is 0.233. The van der Waals surface area contributed by atoms with Crippen LogP contribution in [-0.2, 0) is 0 Å². The second kappa shape index (κ2) is 5.23. The highest BCUT2D eigenvalue weighted by molar-refractivity contribution is 5.25. The molecule has 0 radical (unpaired) electrons. The van der Waals surface area contributed by atoms with Crippen LogP contribution < -0.4 is 0 Å². The van der Waals surface area contributed by atoms with Crippen molar-refractivity contribution < 1.29 is 13.9 Å². The average Bonchev–Trinajstić information content (AvgIpc) is 2.37. The maximum absolute atomic E-state index is 13.1. The first-order valence-electron chi connectivity index (χ1n) is 5.62. The molecule has 2 aromatic rings. The van der Waals surface area contributed by atoms with Gasteiger partial charge in [-0.25, -0.2) is 8.78 Å². The fraction of sp³-hybridized carbons (Fsp3) is 0.214. The van der Waals surface area contributed by atoms with Gasteiger partial charge in [0, 0.05) is 24.4 Å². The SMILES string of the molecule is CC(c1ccncc1)C(O)c1cc(F)cc(F)c1. The van der Waals surface area contributed by atoms with Crippen LogP contribution in [0.4, 0.5) is 8.78 Å². The fourth-order valence-electron chi connectivity index (χ4n) is 1.88. The van der Waals surface area contributed by atoms with Crippen molar-refractivity contribution in [2.24, 2.45) is 0 Å². The van der Waals surface area contributed by atoms with Crippen molar-refractivity contribution >= 4 is 0 Å². The van der Waals surface area contributed by atoms with Gasteiger partial charge in [0.05, 0.1) is 6.10 Å². The van der Waals surface area contributed by atoms with Crippen LogP contribution in [0.1, 0.15) is 30.1 Å². The molecule has 0 aliphatic carbocycles. The second-order valence-corrected chi connectivity index (χ2v) is 4.22. The number of aromatic nitrogens is 1. The molecule has 0 fully saturated rings. The molecule has 18 heavy (non-hydrogen) atoms. The highest BCUT2D eigenvalue weighted by Gasteiger charge is 2.19. The molecule has 1 aromatic carbocycles. The van der Waals surface area contributed by atoms with Gasteiger partial charge in [-0.05, 0) is 35.4 Å². The van der Waals surface area contributed by atoms with Crippen molar-refractivity contribution in [1.29, 1.82) is 0 Å². The van der Waals surface area contributed by atoms with Gasteiger partial charge < -0.3 is 5.11 Å². The molecular formula is C14H13F2NO. The van der Waals surface area contributed by atoms with Crippen molar-refractivity contribution in [1.82, 2.24) is 4.98 Å². The Hall–Kier alpha value is -1.81. The van der Waals surface area contributed by atoms with Gasteiger partial charge in [0.1, 0.15) is 11.6 Å². The minimum atomic E-state index is -0.961. The topological polar surface area (TPSA) is 33.1 Å². The van der Waals surface area contributed by atoms with Gasteiger partial charge in [-0.15, -0.1) is 0 Å². The number of pyridine rings is 1. The lowest BCUT2D eigenvalue weighted by Gasteiger charge is -2.19. The zero-order valence-electron chi connectivity index (χ0n) is 9.85. The number of hydrogen-bond acceptors (Lipinski definition) is 2. The largest absolute Gasteiger partial charge is 0.388 e. The summed E-state index contributed by atoms with van der Waals surface area (Å²) in [4.78, 5) is 3.89. The lowest BCUT2D eigenvalue weighted by Crippen LogP contribution is -2.08. The molecule has 0 spiro atoms. The second-order valence-electron chi connectivity index (χ2n) is 4.22. The van der Waals surface area contributed by atoms with Crippen LogP contribution >= 0.6 is 0 Å². The van der Waals surface area contributed by atoms with E-state index in [0.717, 1.165) is 23.8 Å². The summed E-state index contributed by atoms with van der Waals surface area (Å²) < 4.78 is 26.2. The molecule has 0 saturated heterocycles. The molecule has 0 saturated carbocycles. The van der Waals surface area contributed by atoms with Crippen molar-refractivity contribution in [3.05, 3.63) is 65.5 Å². The van der Waals surface area contributed by atoms with E-state index >= 15 is 0 Å². The summed E-state index contributed by atoms with van der Waals surface area (Å²) in [6.45, 7) is 1.79. The van der Waals surface area contributed by atoms with E-state index < -0.39 is 17.7 Å². The quantitative estimate of drug-likeness (QED) is 0.906. The summed E-state index contributed by atoms with van der Waals surface area (Å²) in [5.41, 5.74) is 1.10. The standard InChI is InChI=1S/C14H13F2NO/c1-9(10-2-4-17-5-3-10)14(18)11-6-12(15)8-13(16)7-11/h2-9,14,18H,1H3. The normalized spacial score (nSPS) is 14.2. The van der Waals surface area contributed by atoms with Gasteiger partial charge in [0.2, 0.25) is 0 Å². The van der Waals surface area contributed by atoms with Crippen LogP contribution in [0.3, 0.4) is 0 Å². The Morgan fingerprint density at radius 3 is 2.11 bits per heavy atom. The number of rotatable bonds is 3. The van der Waals surface area contributed by atoms with Gasteiger partial charge in [-0.1, -0.05) is 6.92 Å². The highest BCUT2D eigenvalue weighted by Crippen LogP contribution is 2.30. The number of halogens is 2. The molecule has 1 aromatic heterocycles. The maximum Gasteiger partial charge on any atom is 0.126 e. The van der Waals surface area contributed by atoms with E-state index in [2.05, 4.69) is 4.98 Å². The van der Waals surface area contributed by atoms with E-state index in [1.54, 1.807) is 31.5 Å². The van der Waals surface area contributed by atoms with Gasteiger partial charge in [0.15, 0.2) is 0 Å². The fourth-order valence-corrected chi connectivity index (χ4v) is 1.88. The molecule has 0 aliphatic rings. The third kappa shape index (κ3) is 2.71. The van der Waals surface area contributed by atoms with Crippen molar-refractivity contribution in [3.63, 3.8) is 0 Å². The number of aliphatic hydroxyl groups excluding tert-OH is 1. The number of aliphatic hydroxyl groups is 1. The van der Waals surface area contributed by atoms with E-state index in [1.165, 1.54) is 0 Å². The van der Waals surface area contributed by atoms with Gasteiger partial charge >= 0.3 is 0 Å². The van der Waals surface area contributed by atoms with Crippen LogP contribution in [0.5, 0.6) is 0 Å². The molecule has 0 amide bonds. The molecular weight excluding hydrogens is 236 g/mol. The molecule has 0 aliphatic heterocycles. The van der Waals surface area contributed by atoms with E-state index in [1.807, 2.05) is 0 Å². The summed E-state index contributed by atoms with van der Waals surface area (Å²) >= 11 is 0. The summed E-state index contributed by atoms with van der Waals surface area (Å²) in [5.74, 6) is -1.65. The average molecular weight is 249 g/mol. The molecule has 2 nitrogen and oxygen atoms in total. The van der Waals surface area contributed by atoms with Gasteiger partial charge in [-0.2, -0.15) is 0 Å². The van der Waals surface area contributed by atoms with Gasteiger partial charge in [0.25, 0.3) is 0 Å². The Labute approximate surface area is 104 Å². The minimum Gasteiger partial charge on any atom is -0.388 e. The lowest BCUT2D eigenvalue weighted by molar-refractivity contribution is 0.151. The predicted octanol–water partition coefficient (Wildman–Crippen LogP) is 3.20. The molecule has 1 heterocycles. The van der Waals surface area contributed by atoms with Crippen LogP contribution in [0, 0.1) is 11.6 Å². The van der Waals surface area contributed by atoms with E-state index in [4.69, 9.17) is 0 Å². The molecule has 1 N–H and O–H groups in total. The predicted molar refractivity (Wildman–Crippen MR) is 64.0 cm³/mol. The van der Waals surface area contributed by atoms with E-state index in [0.29, 0.717) is 0 Å². The zero-order chi connectivity index (χ0) is 13.1. The third-order valence-corrected chi connectivity index (χ3v) is 2.93. The van der Waals surface area contributed by atoms with Gasteiger partial charge in [-0.3, -0.25) is 4.98 Å². The summed E-state index contributed by atoms with van der Waals surface area (Å²) in [6.07, 6.45) is 2.27. The van der Waals surface area contributed by atoms with Crippen molar-refractivity contribution in [2.45, 2.75) is 18.9 Å². The van der Waals surface area contributed by atoms with Crippen LogP contribution in [0.15, 0.2) is 42.7 Å². The highest BCUT2D eigenvalue weighted by atomic mass is 19.1. The monoisotopic (exact) mass is 249 g/mol. The zero-order valence-corrected chi connectivity index (χ0v) is 9.85. The first-order valence-corrected chi connectivity index (χ1v) is 5.62. The molecule has 2 unspecified atom stereocenters. The molecule has 2 rings (SSSR count). The molecule has 94 valence electrons. The Morgan fingerprint density at radius 1 is 1.00 bits per heavy atom. The Morgan fingerprint density at radius 2 is 1.56 bits per heavy atom. The van der Waals surface area contributed by atoms with E-state index in [9.17, 15) is 13.9 Å². The first kappa shape index (κ1) is 12.6. The number of hydrogen-bond donors (Lipinski definition) is 1. The number of nitrogens with zero attached hydrogens (tertiary/aromatic N) is 1. The van der Waals surface area contributed by atoms with Crippen LogP contribution in [-0.4, -0.2) is 10.1 Å². The molecule has 4 heteroatoms. The Bertz CT molecular complexity index is 510. The van der Waals surface area contributed by atoms with Crippen LogP contribution in [0.25, 0.3) is 0 Å². The summed E-state index contributed by atoms with van der Waals surface area (Å²) in [6, 6.07) is 6.61. The first-order chi connectivity index (χ1) is 8.58. The lowest BCUT2D eigenvalue weighted by atomic mass is 9.91. The molecule has 0 bridgehead atoms. The molecule has 2 atom stereocenters. The smallest absolute Gasteiger partial charge is 0.126 e. The van der Waals surface area contributed by atoms with Crippen molar-refractivity contribution in [3.8, 4) is 0 Å².